The van der Waals surface area contributed by atoms with Crippen LogP contribution in [0.15, 0.2) is 78.9 Å². The summed E-state index contributed by atoms with van der Waals surface area (Å²) >= 11 is 0. The number of hydrogen-bond acceptors (Lipinski definition) is 2. The molecule has 3 heterocycles. The van der Waals surface area contributed by atoms with Crippen molar-refractivity contribution in [2.75, 3.05) is 0 Å². The SMILES string of the molecule is N#Cc1ccc2c(c1)c1ccc3c4c1n2-c1ccccc1B4c1ccccc1O3. The molecular weight excluding hydrogens is 355 g/mol. The predicted molar refractivity (Wildman–Crippen MR) is 117 cm³/mol. The number of hydrogen-bond donors (Lipinski definition) is 0. The van der Waals surface area contributed by atoms with Gasteiger partial charge in [-0.2, -0.15) is 5.26 Å². The zero-order chi connectivity index (χ0) is 19.1. The summed E-state index contributed by atoms with van der Waals surface area (Å²) in [6.45, 7) is 0.141. The summed E-state index contributed by atoms with van der Waals surface area (Å²) < 4.78 is 8.68. The van der Waals surface area contributed by atoms with Gasteiger partial charge in [-0.15, -0.1) is 0 Å². The highest BCUT2D eigenvalue weighted by Crippen LogP contribution is 2.38. The second kappa shape index (κ2) is 5.09. The highest BCUT2D eigenvalue weighted by molar-refractivity contribution is 6.99. The maximum Gasteiger partial charge on any atom is 0.256 e. The first-order chi connectivity index (χ1) is 14.3. The summed E-state index contributed by atoms with van der Waals surface area (Å²) in [7, 11) is 0. The van der Waals surface area contributed by atoms with E-state index in [0.29, 0.717) is 5.56 Å². The highest BCUT2D eigenvalue weighted by Gasteiger charge is 2.39. The van der Waals surface area contributed by atoms with Crippen LogP contribution in [-0.2, 0) is 0 Å². The molecule has 3 nitrogen and oxygen atoms in total. The van der Waals surface area contributed by atoms with Crippen molar-refractivity contribution in [2.45, 2.75) is 0 Å². The third kappa shape index (κ3) is 1.73. The maximum atomic E-state index is 9.42. The average Bonchev–Trinajstić information content (AvgIpc) is 3.12. The Bertz CT molecular complexity index is 1560. The number of benzene rings is 4. The van der Waals surface area contributed by atoms with E-state index in [1.165, 1.54) is 33.0 Å². The van der Waals surface area contributed by atoms with Crippen LogP contribution in [0.5, 0.6) is 11.5 Å². The van der Waals surface area contributed by atoms with E-state index >= 15 is 0 Å². The number of ether oxygens (including phenoxy) is 1. The topological polar surface area (TPSA) is 38.0 Å². The third-order valence-corrected chi connectivity index (χ3v) is 6.28. The summed E-state index contributed by atoms with van der Waals surface area (Å²) in [5, 5.41) is 11.7. The van der Waals surface area contributed by atoms with Crippen LogP contribution in [0.3, 0.4) is 0 Å². The molecule has 7 rings (SSSR count). The van der Waals surface area contributed by atoms with Crippen LogP contribution in [0.4, 0.5) is 0 Å². The molecule has 0 aliphatic carbocycles. The Hall–Kier alpha value is -3.97. The van der Waals surface area contributed by atoms with Gasteiger partial charge in [0.25, 0.3) is 6.71 Å². The number of fused-ring (bicyclic) bond motifs is 8. The molecule has 4 heteroatoms. The molecule has 0 saturated carbocycles. The lowest BCUT2D eigenvalue weighted by Gasteiger charge is -2.32. The van der Waals surface area contributed by atoms with E-state index in [0.717, 1.165) is 22.4 Å². The van der Waals surface area contributed by atoms with Crippen LogP contribution >= 0.6 is 0 Å². The monoisotopic (exact) mass is 368 g/mol. The molecule has 0 amide bonds. The van der Waals surface area contributed by atoms with Crippen LogP contribution in [0.1, 0.15) is 5.56 Å². The lowest BCUT2D eigenvalue weighted by Crippen LogP contribution is -2.58. The van der Waals surface area contributed by atoms with Gasteiger partial charge in [0.1, 0.15) is 11.5 Å². The Kier molecular flexibility index (Phi) is 2.64. The summed E-state index contributed by atoms with van der Waals surface area (Å²) in [4.78, 5) is 0. The highest BCUT2D eigenvalue weighted by atomic mass is 16.5. The summed E-state index contributed by atoms with van der Waals surface area (Å²) in [5.41, 5.74) is 7.89. The smallest absolute Gasteiger partial charge is 0.256 e. The van der Waals surface area contributed by atoms with Crippen molar-refractivity contribution in [3.63, 3.8) is 0 Å². The molecule has 0 N–H and O–H groups in total. The van der Waals surface area contributed by atoms with Gasteiger partial charge in [0.15, 0.2) is 0 Å². The van der Waals surface area contributed by atoms with Crippen molar-refractivity contribution < 1.29 is 4.74 Å². The number of aromatic nitrogens is 1. The molecule has 0 unspecified atom stereocenters. The minimum atomic E-state index is 0.141. The number of rotatable bonds is 0. The minimum Gasteiger partial charge on any atom is -0.458 e. The van der Waals surface area contributed by atoms with E-state index < -0.39 is 0 Å². The van der Waals surface area contributed by atoms with Crippen LogP contribution in [0.2, 0.25) is 0 Å². The molecule has 0 fully saturated rings. The van der Waals surface area contributed by atoms with Crippen LogP contribution in [-0.4, -0.2) is 11.3 Å². The second-order valence-electron chi connectivity index (χ2n) is 7.68. The van der Waals surface area contributed by atoms with E-state index in [2.05, 4.69) is 71.3 Å². The largest absolute Gasteiger partial charge is 0.458 e. The van der Waals surface area contributed by atoms with Crippen molar-refractivity contribution in [1.82, 2.24) is 4.57 Å². The summed E-state index contributed by atoms with van der Waals surface area (Å²) in [5.74, 6) is 1.84. The average molecular weight is 368 g/mol. The molecule has 2 aliphatic heterocycles. The Morgan fingerprint density at radius 3 is 2.52 bits per heavy atom. The van der Waals surface area contributed by atoms with E-state index in [1.54, 1.807) is 0 Å². The summed E-state index contributed by atoms with van der Waals surface area (Å²) in [6.07, 6.45) is 0. The molecule has 2 aliphatic rings. The molecule has 1 aromatic heterocycles. The van der Waals surface area contributed by atoms with Crippen LogP contribution < -0.4 is 21.1 Å². The standard InChI is InChI=1S/C25H13BN2O/c27-14-15-9-11-20-17(13-15)16-10-12-23-24-25(16)28(20)21-7-3-1-5-18(21)26(24)19-6-2-4-8-22(19)29-23/h1-13H. The maximum absolute atomic E-state index is 9.42. The molecule has 29 heavy (non-hydrogen) atoms. The quantitative estimate of drug-likeness (QED) is 0.384. The molecule has 0 bridgehead atoms. The Balaban J connectivity index is 1.74. The fourth-order valence-corrected chi connectivity index (χ4v) is 5.15. The first-order valence-corrected chi connectivity index (χ1v) is 9.72. The lowest BCUT2D eigenvalue weighted by atomic mass is 9.34. The zero-order valence-electron chi connectivity index (χ0n) is 15.4. The number of nitriles is 1. The van der Waals surface area contributed by atoms with Crippen molar-refractivity contribution in [3.8, 4) is 23.3 Å². The van der Waals surface area contributed by atoms with E-state index in [4.69, 9.17) is 4.74 Å². The van der Waals surface area contributed by atoms with Crippen LogP contribution in [0.25, 0.3) is 27.5 Å². The third-order valence-electron chi connectivity index (χ3n) is 6.28. The molecule has 0 atom stereocenters. The normalized spacial score (nSPS) is 13.0. The molecule has 0 saturated heterocycles. The fraction of sp³-hybridized carbons (Fsp3) is 0. The van der Waals surface area contributed by atoms with E-state index in [-0.39, 0.29) is 6.71 Å². The van der Waals surface area contributed by atoms with Crippen molar-refractivity contribution in [1.29, 1.82) is 5.26 Å². The van der Waals surface area contributed by atoms with Crippen LogP contribution in [0, 0.1) is 11.3 Å². The van der Waals surface area contributed by atoms with Gasteiger partial charge in [-0.05, 0) is 58.9 Å². The Morgan fingerprint density at radius 1 is 0.793 bits per heavy atom. The van der Waals surface area contributed by atoms with Crippen molar-refractivity contribution in [2.24, 2.45) is 0 Å². The zero-order valence-corrected chi connectivity index (χ0v) is 15.4. The summed E-state index contributed by atoms with van der Waals surface area (Å²) in [6, 6.07) is 29.4. The number of para-hydroxylation sites is 2. The molecular formula is C25H13BN2O. The fourth-order valence-electron chi connectivity index (χ4n) is 5.15. The van der Waals surface area contributed by atoms with Gasteiger partial charge in [0.05, 0.1) is 22.7 Å². The molecule has 5 aromatic rings. The van der Waals surface area contributed by atoms with Gasteiger partial charge in [-0.3, -0.25) is 0 Å². The van der Waals surface area contributed by atoms with Crippen molar-refractivity contribution in [3.05, 3.63) is 84.4 Å². The van der Waals surface area contributed by atoms with Crippen molar-refractivity contribution >= 4 is 44.9 Å². The molecule has 0 spiro atoms. The Labute approximate surface area is 167 Å². The van der Waals surface area contributed by atoms with E-state index in [9.17, 15) is 5.26 Å². The lowest BCUT2D eigenvalue weighted by molar-refractivity contribution is 0.488. The first kappa shape index (κ1) is 15.0. The second-order valence-corrected chi connectivity index (χ2v) is 7.68. The van der Waals surface area contributed by atoms with Gasteiger partial charge in [-0.1, -0.05) is 36.4 Å². The Morgan fingerprint density at radius 2 is 1.62 bits per heavy atom. The number of nitrogens with zero attached hydrogens (tertiary/aromatic N) is 2. The molecule has 132 valence electrons. The van der Waals surface area contributed by atoms with Gasteiger partial charge in [-0.25, -0.2) is 0 Å². The molecule has 4 aromatic carbocycles. The minimum absolute atomic E-state index is 0.141. The first-order valence-electron chi connectivity index (χ1n) is 9.72. The van der Waals surface area contributed by atoms with E-state index in [1.807, 2.05) is 18.2 Å². The molecule has 0 radical (unpaired) electrons. The predicted octanol–water partition coefficient (Wildman–Crippen LogP) is 3.59. The van der Waals surface area contributed by atoms with Gasteiger partial charge in [0.2, 0.25) is 0 Å². The van der Waals surface area contributed by atoms with Gasteiger partial charge in [0, 0.05) is 16.5 Å². The van der Waals surface area contributed by atoms with Gasteiger partial charge >= 0.3 is 0 Å². The van der Waals surface area contributed by atoms with Gasteiger partial charge < -0.3 is 9.30 Å².